The Morgan fingerprint density at radius 3 is 2.52 bits per heavy atom. The first-order valence-corrected chi connectivity index (χ1v) is 9.20. The summed E-state index contributed by atoms with van der Waals surface area (Å²) in [6.07, 6.45) is -0.0108. The van der Waals surface area contributed by atoms with Crippen LogP contribution in [0.5, 0.6) is 0 Å². The molecule has 1 saturated heterocycles. The molecule has 2 aliphatic rings. The quantitative estimate of drug-likeness (QED) is 0.639. The van der Waals surface area contributed by atoms with Gasteiger partial charge < -0.3 is 5.73 Å². The molecule has 1 fully saturated rings. The smallest absolute Gasteiger partial charge is 0.263 e. The summed E-state index contributed by atoms with van der Waals surface area (Å²) in [4.78, 5) is 49.1. The Labute approximate surface area is 143 Å². The minimum Gasteiger partial charge on any atom is -0.329 e. The lowest BCUT2D eigenvalue weighted by atomic mass is 10.0. The summed E-state index contributed by atoms with van der Waals surface area (Å²) in [5, 5.41) is 2.08. The molecule has 2 heterocycles. The molecule has 1 unspecified atom stereocenters. The average molecular weight is 365 g/mol. The fourth-order valence-corrected chi connectivity index (χ4v) is 4.33. The lowest BCUT2D eigenvalue weighted by Crippen LogP contribution is -2.54. The first-order valence-electron chi connectivity index (χ1n) is 7.55. The normalized spacial score (nSPS) is 20.7. The molecule has 0 aliphatic carbocycles. The molecule has 2 aliphatic heterocycles. The number of benzene rings is 1. The molecule has 1 aromatic rings. The van der Waals surface area contributed by atoms with E-state index in [-0.39, 0.29) is 41.2 Å². The molecule has 132 valence electrons. The Bertz CT molecular complexity index is 908. The monoisotopic (exact) mass is 365 g/mol. The molecule has 10 heteroatoms. The van der Waals surface area contributed by atoms with Gasteiger partial charge in [0.2, 0.25) is 11.8 Å². The maximum absolute atomic E-state index is 12.7. The zero-order chi connectivity index (χ0) is 18.4. The standard InChI is InChI=1S/C15H15N3O6S/c16-6-7-25(23,24)10-3-1-2-8-12(10)15(22)18(14(8)21)9-4-5-11(19)17-13(9)20/h1-3,9H,4-7,16H2,(H,17,19,20). The van der Waals surface area contributed by atoms with Gasteiger partial charge in [-0.3, -0.25) is 29.4 Å². The van der Waals surface area contributed by atoms with E-state index in [0.29, 0.717) is 0 Å². The zero-order valence-corrected chi connectivity index (χ0v) is 13.8. The first kappa shape index (κ1) is 17.2. The van der Waals surface area contributed by atoms with Crippen LogP contribution in [0.3, 0.4) is 0 Å². The van der Waals surface area contributed by atoms with Crippen molar-refractivity contribution in [3.63, 3.8) is 0 Å². The zero-order valence-electron chi connectivity index (χ0n) is 13.0. The van der Waals surface area contributed by atoms with Gasteiger partial charge in [-0.15, -0.1) is 0 Å². The van der Waals surface area contributed by atoms with Gasteiger partial charge in [0.05, 0.1) is 21.8 Å². The third kappa shape index (κ3) is 2.72. The number of imide groups is 2. The van der Waals surface area contributed by atoms with Crippen molar-refractivity contribution < 1.29 is 27.6 Å². The summed E-state index contributed by atoms with van der Waals surface area (Å²) in [5.41, 5.74) is 4.99. The predicted octanol–water partition coefficient (Wildman–Crippen LogP) is -1.18. The second-order valence-electron chi connectivity index (χ2n) is 5.73. The van der Waals surface area contributed by atoms with Crippen LogP contribution in [0.4, 0.5) is 0 Å². The van der Waals surface area contributed by atoms with E-state index in [1.165, 1.54) is 18.2 Å². The first-order chi connectivity index (χ1) is 11.8. The number of nitrogens with one attached hydrogen (secondary N) is 1. The summed E-state index contributed by atoms with van der Waals surface area (Å²) in [7, 11) is -3.85. The van der Waals surface area contributed by atoms with E-state index < -0.39 is 39.5 Å². The van der Waals surface area contributed by atoms with Gasteiger partial charge in [0, 0.05) is 13.0 Å². The molecular weight excluding hydrogens is 350 g/mol. The molecule has 25 heavy (non-hydrogen) atoms. The van der Waals surface area contributed by atoms with Gasteiger partial charge in [0.15, 0.2) is 9.84 Å². The fraction of sp³-hybridized carbons (Fsp3) is 0.333. The molecule has 3 N–H and O–H groups in total. The van der Waals surface area contributed by atoms with Gasteiger partial charge in [-0.1, -0.05) is 6.07 Å². The van der Waals surface area contributed by atoms with Crippen LogP contribution >= 0.6 is 0 Å². The lowest BCUT2D eigenvalue weighted by molar-refractivity contribution is -0.136. The maximum atomic E-state index is 12.7. The Kier molecular flexibility index (Phi) is 4.17. The number of sulfone groups is 1. The molecule has 0 aromatic heterocycles. The highest BCUT2D eigenvalue weighted by Crippen LogP contribution is 2.32. The number of fused-ring (bicyclic) bond motifs is 1. The molecule has 1 aromatic carbocycles. The highest BCUT2D eigenvalue weighted by Gasteiger charge is 2.46. The number of rotatable bonds is 4. The van der Waals surface area contributed by atoms with Crippen molar-refractivity contribution >= 4 is 33.5 Å². The van der Waals surface area contributed by atoms with Gasteiger partial charge in [-0.2, -0.15) is 0 Å². The van der Waals surface area contributed by atoms with Crippen molar-refractivity contribution in [2.24, 2.45) is 5.73 Å². The number of piperidine rings is 1. The van der Waals surface area contributed by atoms with Gasteiger partial charge >= 0.3 is 0 Å². The van der Waals surface area contributed by atoms with Crippen molar-refractivity contribution in [3.05, 3.63) is 29.3 Å². The lowest BCUT2D eigenvalue weighted by Gasteiger charge is -2.27. The Morgan fingerprint density at radius 2 is 1.88 bits per heavy atom. The fourth-order valence-electron chi connectivity index (χ4n) is 3.01. The average Bonchev–Trinajstić information content (AvgIpc) is 2.79. The number of carbonyl (C=O) groups is 4. The molecule has 3 rings (SSSR count). The van der Waals surface area contributed by atoms with Gasteiger partial charge in [-0.05, 0) is 18.6 Å². The second kappa shape index (κ2) is 6.05. The van der Waals surface area contributed by atoms with E-state index in [4.69, 9.17) is 5.73 Å². The highest BCUT2D eigenvalue weighted by atomic mass is 32.2. The van der Waals surface area contributed by atoms with Crippen LogP contribution in [0.1, 0.15) is 33.6 Å². The number of amides is 4. The van der Waals surface area contributed by atoms with Crippen molar-refractivity contribution in [1.82, 2.24) is 10.2 Å². The second-order valence-corrected chi connectivity index (χ2v) is 7.81. The Morgan fingerprint density at radius 1 is 1.16 bits per heavy atom. The minimum atomic E-state index is -3.85. The number of carbonyl (C=O) groups excluding carboxylic acids is 4. The molecule has 0 radical (unpaired) electrons. The Balaban J connectivity index is 2.06. The molecule has 1 atom stereocenters. The van der Waals surface area contributed by atoms with Crippen molar-refractivity contribution in [2.45, 2.75) is 23.8 Å². The Hall–Kier alpha value is -2.59. The summed E-state index contributed by atoms with van der Waals surface area (Å²) in [6, 6.07) is 2.79. The molecule has 9 nitrogen and oxygen atoms in total. The summed E-state index contributed by atoms with van der Waals surface area (Å²) >= 11 is 0. The third-order valence-corrected chi connectivity index (χ3v) is 5.94. The number of nitrogens with zero attached hydrogens (tertiary/aromatic N) is 1. The van der Waals surface area contributed by atoms with E-state index in [0.717, 1.165) is 4.90 Å². The number of nitrogens with two attached hydrogens (primary N) is 1. The van der Waals surface area contributed by atoms with Crippen molar-refractivity contribution in [2.75, 3.05) is 12.3 Å². The van der Waals surface area contributed by atoms with Crippen molar-refractivity contribution in [1.29, 1.82) is 0 Å². The van der Waals surface area contributed by atoms with Crippen molar-refractivity contribution in [3.8, 4) is 0 Å². The topological polar surface area (TPSA) is 144 Å². The van der Waals surface area contributed by atoms with Gasteiger partial charge in [0.1, 0.15) is 6.04 Å². The number of hydrogen-bond acceptors (Lipinski definition) is 7. The van der Waals surface area contributed by atoms with Crippen LogP contribution in [0, 0.1) is 0 Å². The maximum Gasteiger partial charge on any atom is 0.263 e. The third-order valence-electron chi connectivity index (χ3n) is 4.15. The molecule has 0 saturated carbocycles. The summed E-state index contributed by atoms with van der Waals surface area (Å²) in [6.45, 7) is -0.134. The van der Waals surface area contributed by atoms with Crippen LogP contribution in [-0.2, 0) is 19.4 Å². The predicted molar refractivity (Wildman–Crippen MR) is 84.2 cm³/mol. The highest BCUT2D eigenvalue weighted by molar-refractivity contribution is 7.91. The molecule has 0 spiro atoms. The van der Waals surface area contributed by atoms with Crippen LogP contribution in [0.2, 0.25) is 0 Å². The largest absolute Gasteiger partial charge is 0.329 e. The van der Waals surface area contributed by atoms with Crippen LogP contribution < -0.4 is 11.1 Å². The summed E-state index contributed by atoms with van der Waals surface area (Å²) in [5.74, 6) is -3.21. The van der Waals surface area contributed by atoms with E-state index in [1.54, 1.807) is 0 Å². The van der Waals surface area contributed by atoms with E-state index >= 15 is 0 Å². The van der Waals surface area contributed by atoms with E-state index in [9.17, 15) is 27.6 Å². The summed E-state index contributed by atoms with van der Waals surface area (Å²) < 4.78 is 24.7. The van der Waals surface area contributed by atoms with E-state index in [1.807, 2.05) is 0 Å². The van der Waals surface area contributed by atoms with Gasteiger partial charge in [0.25, 0.3) is 11.8 Å². The molecular formula is C15H15N3O6S. The molecule has 0 bridgehead atoms. The van der Waals surface area contributed by atoms with Crippen LogP contribution in [-0.4, -0.2) is 55.3 Å². The van der Waals surface area contributed by atoms with E-state index in [2.05, 4.69) is 5.32 Å². The van der Waals surface area contributed by atoms with Crippen LogP contribution in [0.15, 0.2) is 23.1 Å². The van der Waals surface area contributed by atoms with Crippen LogP contribution in [0.25, 0.3) is 0 Å². The minimum absolute atomic E-state index is 0.00101. The SMILES string of the molecule is NCCS(=O)(=O)c1cccc2c1C(=O)N(C1CCC(=O)NC1=O)C2=O. The number of hydrogen-bond donors (Lipinski definition) is 2. The van der Waals surface area contributed by atoms with Gasteiger partial charge in [-0.25, -0.2) is 8.42 Å². The molecule has 4 amide bonds.